The molecule has 0 aliphatic rings. The monoisotopic (exact) mass is 180 g/mol. The van der Waals surface area contributed by atoms with Crippen molar-refractivity contribution in [1.82, 2.24) is 15.0 Å². The smallest absolute Gasteiger partial charge is 0.358 e. The Kier molecular flexibility index (Phi) is 1.38. The van der Waals surface area contributed by atoms with Crippen molar-refractivity contribution in [1.29, 1.82) is 0 Å². The van der Waals surface area contributed by atoms with Crippen molar-refractivity contribution in [3.05, 3.63) is 32.7 Å². The molecule has 0 saturated heterocycles. The van der Waals surface area contributed by atoms with Crippen LogP contribution in [0.5, 0.6) is 0 Å². The summed E-state index contributed by atoms with van der Waals surface area (Å²) in [6.07, 6.45) is 0. The van der Waals surface area contributed by atoms with Gasteiger partial charge in [-0.25, -0.2) is 4.79 Å². The number of nitro groups is 1. The van der Waals surface area contributed by atoms with E-state index in [2.05, 4.69) is 15.0 Å². The summed E-state index contributed by atoms with van der Waals surface area (Å²) in [6, 6.07) is 2.66. The van der Waals surface area contributed by atoms with Gasteiger partial charge in [0, 0.05) is 6.07 Å². The minimum Gasteiger partial charge on any atom is -0.358 e. The number of nitrogens with one attached hydrogen (secondary N) is 2. The lowest BCUT2D eigenvalue weighted by Gasteiger charge is -1.88. The van der Waals surface area contributed by atoms with Gasteiger partial charge in [0.25, 0.3) is 5.65 Å². The zero-order valence-electron chi connectivity index (χ0n) is 6.27. The fourth-order valence-corrected chi connectivity index (χ4v) is 1.01. The molecular formula is C6H4N4O3. The number of nitrogens with zero attached hydrogens (tertiary/aromatic N) is 2. The molecule has 2 aromatic heterocycles. The van der Waals surface area contributed by atoms with Gasteiger partial charge in [0.15, 0.2) is 0 Å². The molecule has 0 bridgehead atoms. The molecule has 0 atom stereocenters. The highest BCUT2D eigenvalue weighted by molar-refractivity contribution is 5.70. The lowest BCUT2D eigenvalue weighted by atomic mass is 10.4. The van der Waals surface area contributed by atoms with Crippen molar-refractivity contribution in [3.8, 4) is 0 Å². The van der Waals surface area contributed by atoms with Gasteiger partial charge < -0.3 is 15.1 Å². The van der Waals surface area contributed by atoms with Gasteiger partial charge in [-0.2, -0.15) is 0 Å². The lowest BCUT2D eigenvalue weighted by Crippen LogP contribution is -1.99. The molecule has 0 fully saturated rings. The second-order valence-corrected chi connectivity index (χ2v) is 2.40. The van der Waals surface area contributed by atoms with Gasteiger partial charge in [-0.15, -0.1) is 0 Å². The molecule has 7 heteroatoms. The van der Waals surface area contributed by atoms with Crippen LogP contribution in [0.3, 0.4) is 0 Å². The molecule has 0 aliphatic carbocycles. The fraction of sp³-hybridized carbons (Fsp3) is 0. The third kappa shape index (κ3) is 1.15. The minimum atomic E-state index is -0.620. The molecule has 0 aliphatic heterocycles. The topological polar surface area (TPSA) is 105 Å². The Morgan fingerprint density at radius 2 is 2.15 bits per heavy atom. The molecular weight excluding hydrogens is 176 g/mol. The third-order valence-corrected chi connectivity index (χ3v) is 1.55. The van der Waals surface area contributed by atoms with Crippen molar-refractivity contribution in [3.63, 3.8) is 0 Å². The molecule has 0 spiro atoms. The number of pyridine rings is 1. The number of hydrogen-bond acceptors (Lipinski definition) is 4. The SMILES string of the molecule is O=c1[nH]c2ccc([N+](=O)[O-])nc2[nH]1. The standard InChI is InChI=1S/C6H4N4O3/c11-6-7-3-1-2-4(10(12)13)8-5(3)9-6/h1-2H,(H2,7,8,9,11). The molecule has 2 N–H and O–H groups in total. The van der Waals surface area contributed by atoms with Crippen LogP contribution < -0.4 is 5.69 Å². The van der Waals surface area contributed by atoms with E-state index in [0.29, 0.717) is 5.52 Å². The van der Waals surface area contributed by atoms with Crippen LogP contribution in [0.2, 0.25) is 0 Å². The van der Waals surface area contributed by atoms with Crippen molar-refractivity contribution in [2.24, 2.45) is 0 Å². The number of hydrogen-bond donors (Lipinski definition) is 2. The molecule has 7 nitrogen and oxygen atoms in total. The molecule has 0 aromatic carbocycles. The molecule has 0 radical (unpaired) electrons. The fourth-order valence-electron chi connectivity index (χ4n) is 1.01. The third-order valence-electron chi connectivity index (χ3n) is 1.55. The number of rotatable bonds is 1. The zero-order valence-corrected chi connectivity index (χ0v) is 6.27. The quantitative estimate of drug-likeness (QED) is 0.481. The van der Waals surface area contributed by atoms with Crippen LogP contribution >= 0.6 is 0 Å². The summed E-state index contributed by atoms with van der Waals surface area (Å²) in [6.45, 7) is 0. The Morgan fingerprint density at radius 1 is 1.38 bits per heavy atom. The summed E-state index contributed by atoms with van der Waals surface area (Å²) in [7, 11) is 0. The van der Waals surface area contributed by atoms with Gasteiger partial charge >= 0.3 is 11.5 Å². The Morgan fingerprint density at radius 3 is 2.85 bits per heavy atom. The normalized spacial score (nSPS) is 10.5. The van der Waals surface area contributed by atoms with Gasteiger partial charge in [-0.3, -0.25) is 4.98 Å². The van der Waals surface area contributed by atoms with Crippen LogP contribution in [-0.4, -0.2) is 19.9 Å². The Bertz CT molecular complexity index is 526. The number of aromatic nitrogens is 3. The van der Waals surface area contributed by atoms with Crippen molar-refractivity contribution >= 4 is 17.0 Å². The average molecular weight is 180 g/mol. The average Bonchev–Trinajstić information content (AvgIpc) is 2.42. The maximum atomic E-state index is 10.7. The first-order valence-corrected chi connectivity index (χ1v) is 3.40. The van der Waals surface area contributed by atoms with E-state index in [1.807, 2.05) is 0 Å². The Balaban J connectivity index is 2.74. The van der Waals surface area contributed by atoms with Gasteiger partial charge in [0.2, 0.25) is 0 Å². The van der Waals surface area contributed by atoms with E-state index in [0.717, 1.165) is 0 Å². The molecule has 2 aromatic rings. The summed E-state index contributed by atoms with van der Waals surface area (Å²) in [5.41, 5.74) is 0.220. The highest BCUT2D eigenvalue weighted by Crippen LogP contribution is 2.10. The number of aromatic amines is 2. The molecule has 13 heavy (non-hydrogen) atoms. The van der Waals surface area contributed by atoms with E-state index in [1.54, 1.807) is 0 Å². The molecule has 0 saturated carbocycles. The van der Waals surface area contributed by atoms with E-state index >= 15 is 0 Å². The van der Waals surface area contributed by atoms with Crippen LogP contribution in [0.15, 0.2) is 16.9 Å². The summed E-state index contributed by atoms with van der Waals surface area (Å²) in [4.78, 5) is 28.8. The van der Waals surface area contributed by atoms with Crippen LogP contribution in [-0.2, 0) is 0 Å². The number of H-pyrrole nitrogens is 2. The van der Waals surface area contributed by atoms with E-state index < -0.39 is 10.6 Å². The van der Waals surface area contributed by atoms with Gasteiger partial charge in [0.1, 0.15) is 5.52 Å². The molecule has 0 unspecified atom stereocenters. The first-order chi connectivity index (χ1) is 6.16. The molecule has 2 rings (SSSR count). The molecule has 66 valence electrons. The molecule has 0 amide bonds. The molecule has 2 heterocycles. The largest absolute Gasteiger partial charge is 0.365 e. The summed E-state index contributed by atoms with van der Waals surface area (Å²) in [5.74, 6) is -0.289. The second-order valence-electron chi connectivity index (χ2n) is 2.40. The van der Waals surface area contributed by atoms with Gasteiger partial charge in [-0.1, -0.05) is 0 Å². The van der Waals surface area contributed by atoms with Gasteiger partial charge in [-0.05, 0) is 16.0 Å². The van der Waals surface area contributed by atoms with Gasteiger partial charge in [0.05, 0.1) is 0 Å². The lowest BCUT2D eigenvalue weighted by molar-refractivity contribution is -0.389. The van der Waals surface area contributed by atoms with E-state index in [-0.39, 0.29) is 11.5 Å². The van der Waals surface area contributed by atoms with Crippen LogP contribution in [0.4, 0.5) is 5.82 Å². The highest BCUT2D eigenvalue weighted by Gasteiger charge is 2.10. The first-order valence-electron chi connectivity index (χ1n) is 3.40. The summed E-state index contributed by atoms with van der Waals surface area (Å²) >= 11 is 0. The first kappa shape index (κ1) is 7.47. The highest BCUT2D eigenvalue weighted by atomic mass is 16.6. The van der Waals surface area contributed by atoms with Crippen molar-refractivity contribution in [2.45, 2.75) is 0 Å². The number of fused-ring (bicyclic) bond motifs is 1. The van der Waals surface area contributed by atoms with E-state index in [1.165, 1.54) is 12.1 Å². The summed E-state index contributed by atoms with van der Waals surface area (Å²) < 4.78 is 0. The van der Waals surface area contributed by atoms with E-state index in [9.17, 15) is 14.9 Å². The number of imidazole rings is 1. The maximum absolute atomic E-state index is 10.7. The minimum absolute atomic E-state index is 0.194. The van der Waals surface area contributed by atoms with Crippen LogP contribution in [0.1, 0.15) is 0 Å². The summed E-state index contributed by atoms with van der Waals surface area (Å²) in [5, 5.41) is 10.3. The Hall–Kier alpha value is -2.18. The maximum Gasteiger partial charge on any atom is 0.365 e. The zero-order chi connectivity index (χ0) is 9.42. The van der Waals surface area contributed by atoms with E-state index in [4.69, 9.17) is 0 Å². The van der Waals surface area contributed by atoms with Crippen molar-refractivity contribution in [2.75, 3.05) is 0 Å². The Labute approximate surface area is 70.6 Å². The van der Waals surface area contributed by atoms with Crippen molar-refractivity contribution < 1.29 is 4.92 Å². The van der Waals surface area contributed by atoms with Crippen LogP contribution in [0.25, 0.3) is 11.2 Å². The van der Waals surface area contributed by atoms with Crippen LogP contribution in [0, 0.1) is 10.1 Å². The second kappa shape index (κ2) is 2.41. The predicted molar refractivity (Wildman–Crippen MR) is 43.4 cm³/mol. The predicted octanol–water partition coefficient (Wildman–Crippen LogP) is 0.159.